The summed E-state index contributed by atoms with van der Waals surface area (Å²) in [6.07, 6.45) is 0. The first-order valence-electron chi connectivity index (χ1n) is 8.46. The molecule has 0 aliphatic carbocycles. The fraction of sp³-hybridized carbons (Fsp3) is 0.316. The van der Waals surface area contributed by atoms with E-state index in [1.807, 2.05) is 6.92 Å². The number of carbonyl (C=O) groups excluding carboxylic acids is 1. The predicted octanol–water partition coefficient (Wildman–Crippen LogP) is 3.20. The highest BCUT2D eigenvalue weighted by molar-refractivity contribution is 7.89. The van der Waals surface area contributed by atoms with Crippen molar-refractivity contribution in [1.29, 1.82) is 0 Å². The summed E-state index contributed by atoms with van der Waals surface area (Å²) in [5, 5.41) is 0.308. The number of hydrogen-bond donors (Lipinski definition) is 0. The second-order valence-corrected chi connectivity index (χ2v) is 8.63. The van der Waals surface area contributed by atoms with Crippen molar-refractivity contribution in [3.8, 4) is 5.75 Å². The zero-order valence-corrected chi connectivity index (χ0v) is 16.6. The van der Waals surface area contributed by atoms with Gasteiger partial charge in [0, 0.05) is 13.1 Å². The zero-order chi connectivity index (χ0) is 19.6. The summed E-state index contributed by atoms with van der Waals surface area (Å²) < 4.78 is 37.8. The van der Waals surface area contributed by atoms with Crippen molar-refractivity contribution < 1.29 is 22.7 Å². The summed E-state index contributed by atoms with van der Waals surface area (Å²) >= 11 is 6.07. The van der Waals surface area contributed by atoms with Crippen LogP contribution in [0.4, 0.5) is 0 Å². The van der Waals surface area contributed by atoms with Crippen LogP contribution in [0, 0.1) is 13.8 Å². The lowest BCUT2D eigenvalue weighted by atomic mass is 10.1. The second kappa shape index (κ2) is 7.98. The Balaban J connectivity index is 1.90. The van der Waals surface area contributed by atoms with Crippen LogP contribution in [0.5, 0.6) is 5.75 Å². The Kier molecular flexibility index (Phi) is 5.86. The fourth-order valence-corrected chi connectivity index (χ4v) is 4.59. The Morgan fingerprint density at radius 1 is 1.11 bits per heavy atom. The molecule has 3 rings (SSSR count). The van der Waals surface area contributed by atoms with Crippen molar-refractivity contribution in [2.75, 3.05) is 26.3 Å². The molecule has 1 saturated heterocycles. The normalized spacial score (nSPS) is 15.5. The van der Waals surface area contributed by atoms with Gasteiger partial charge in [-0.2, -0.15) is 4.31 Å². The number of halogens is 1. The summed E-state index contributed by atoms with van der Waals surface area (Å²) in [4.78, 5) is 12.6. The Morgan fingerprint density at radius 2 is 1.81 bits per heavy atom. The van der Waals surface area contributed by atoms with Crippen molar-refractivity contribution in [2.45, 2.75) is 18.7 Å². The van der Waals surface area contributed by atoms with E-state index in [1.165, 1.54) is 10.4 Å². The van der Waals surface area contributed by atoms with Crippen LogP contribution in [-0.2, 0) is 14.8 Å². The Morgan fingerprint density at radius 3 is 2.52 bits per heavy atom. The van der Waals surface area contributed by atoms with Crippen molar-refractivity contribution in [3.05, 3.63) is 58.1 Å². The molecule has 0 aromatic heterocycles. The topological polar surface area (TPSA) is 72.9 Å². The highest BCUT2D eigenvalue weighted by Crippen LogP contribution is 2.27. The van der Waals surface area contributed by atoms with Gasteiger partial charge in [-0.15, -0.1) is 0 Å². The third-order valence-electron chi connectivity index (χ3n) is 4.30. The van der Waals surface area contributed by atoms with Gasteiger partial charge in [0.25, 0.3) is 0 Å². The lowest BCUT2D eigenvalue weighted by molar-refractivity contribution is 0.0727. The first kappa shape index (κ1) is 19.8. The Hall–Kier alpha value is -1.93. The average Bonchev–Trinajstić information content (AvgIpc) is 2.65. The minimum atomic E-state index is -3.72. The van der Waals surface area contributed by atoms with Gasteiger partial charge in [-0.05, 0) is 49.2 Å². The third kappa shape index (κ3) is 4.32. The summed E-state index contributed by atoms with van der Waals surface area (Å²) in [6.45, 7) is 4.83. The van der Waals surface area contributed by atoms with Gasteiger partial charge >= 0.3 is 5.97 Å². The second-order valence-electron chi connectivity index (χ2n) is 6.32. The first-order valence-corrected chi connectivity index (χ1v) is 10.3. The maximum atomic E-state index is 12.9. The van der Waals surface area contributed by atoms with Crippen molar-refractivity contribution in [1.82, 2.24) is 4.31 Å². The lowest BCUT2D eigenvalue weighted by Gasteiger charge is -2.26. The van der Waals surface area contributed by atoms with E-state index >= 15 is 0 Å². The molecule has 6 nitrogen and oxygen atoms in total. The number of morpholine rings is 1. The maximum Gasteiger partial charge on any atom is 0.343 e. The molecule has 0 unspecified atom stereocenters. The largest absolute Gasteiger partial charge is 0.421 e. The van der Waals surface area contributed by atoms with Gasteiger partial charge in [0.05, 0.1) is 28.7 Å². The predicted molar refractivity (Wildman–Crippen MR) is 102 cm³/mol. The van der Waals surface area contributed by atoms with Gasteiger partial charge in [0.1, 0.15) is 5.75 Å². The smallest absolute Gasteiger partial charge is 0.343 e. The SMILES string of the molecule is Cc1ccc(Cl)c(OC(=O)c2ccc(C)c(S(=O)(=O)N3CCOCC3)c2)c1. The molecule has 1 fully saturated rings. The van der Waals surface area contributed by atoms with Gasteiger partial charge in [0.2, 0.25) is 10.0 Å². The summed E-state index contributed by atoms with van der Waals surface area (Å²) in [5.41, 5.74) is 1.60. The standard InChI is InChI=1S/C19H20ClNO5S/c1-13-3-6-16(20)17(11-13)26-19(22)15-5-4-14(2)18(12-15)27(23,24)21-7-9-25-10-8-21/h3-6,11-12H,7-10H2,1-2H3. The quantitative estimate of drug-likeness (QED) is 0.572. The molecule has 2 aromatic carbocycles. The number of benzene rings is 2. The molecule has 0 N–H and O–H groups in total. The van der Waals surface area contributed by atoms with E-state index in [9.17, 15) is 13.2 Å². The number of sulfonamides is 1. The van der Waals surface area contributed by atoms with E-state index < -0.39 is 16.0 Å². The monoisotopic (exact) mass is 409 g/mol. The maximum absolute atomic E-state index is 12.9. The van der Waals surface area contributed by atoms with Crippen molar-refractivity contribution >= 4 is 27.6 Å². The number of carbonyl (C=O) groups is 1. The van der Waals surface area contributed by atoms with Crippen LogP contribution >= 0.6 is 11.6 Å². The highest BCUT2D eigenvalue weighted by atomic mass is 35.5. The van der Waals surface area contributed by atoms with E-state index in [2.05, 4.69) is 0 Å². The van der Waals surface area contributed by atoms with Crippen LogP contribution in [-0.4, -0.2) is 45.0 Å². The van der Waals surface area contributed by atoms with Gasteiger partial charge in [-0.25, -0.2) is 13.2 Å². The number of hydrogen-bond acceptors (Lipinski definition) is 5. The number of aryl methyl sites for hydroxylation is 2. The van der Waals surface area contributed by atoms with Crippen LogP contribution in [0.15, 0.2) is 41.3 Å². The van der Waals surface area contributed by atoms with E-state index in [0.717, 1.165) is 5.56 Å². The molecule has 8 heteroatoms. The van der Waals surface area contributed by atoms with Gasteiger partial charge in [0.15, 0.2) is 0 Å². The van der Waals surface area contributed by atoms with Crippen molar-refractivity contribution in [3.63, 3.8) is 0 Å². The van der Waals surface area contributed by atoms with E-state index in [4.69, 9.17) is 21.1 Å². The molecule has 2 aromatic rings. The van der Waals surface area contributed by atoms with E-state index in [1.54, 1.807) is 37.3 Å². The minimum Gasteiger partial charge on any atom is -0.421 e. The molecule has 0 bridgehead atoms. The van der Waals surface area contributed by atoms with Gasteiger partial charge < -0.3 is 9.47 Å². The van der Waals surface area contributed by atoms with Crippen LogP contribution in [0.1, 0.15) is 21.5 Å². The number of nitrogens with zero attached hydrogens (tertiary/aromatic N) is 1. The van der Waals surface area contributed by atoms with E-state index in [-0.39, 0.29) is 29.3 Å². The molecule has 0 radical (unpaired) electrons. The van der Waals surface area contributed by atoms with Crippen LogP contribution < -0.4 is 4.74 Å². The molecule has 0 amide bonds. The molecule has 0 spiro atoms. The van der Waals surface area contributed by atoms with Crippen LogP contribution in [0.25, 0.3) is 0 Å². The molecule has 0 atom stereocenters. The van der Waals surface area contributed by atoms with Gasteiger partial charge in [-0.3, -0.25) is 0 Å². The summed E-state index contributed by atoms with van der Waals surface area (Å²) in [7, 11) is -3.72. The number of rotatable bonds is 4. The van der Waals surface area contributed by atoms with E-state index in [0.29, 0.717) is 23.8 Å². The Labute approximate surface area is 163 Å². The average molecular weight is 410 g/mol. The van der Waals surface area contributed by atoms with Crippen LogP contribution in [0.3, 0.4) is 0 Å². The highest BCUT2D eigenvalue weighted by Gasteiger charge is 2.28. The molecular weight excluding hydrogens is 390 g/mol. The zero-order valence-electron chi connectivity index (χ0n) is 15.1. The minimum absolute atomic E-state index is 0.0918. The molecular formula is C19H20ClNO5S. The molecule has 1 aliphatic rings. The summed E-state index contributed by atoms with van der Waals surface area (Å²) in [5.74, 6) is -0.430. The lowest BCUT2D eigenvalue weighted by Crippen LogP contribution is -2.40. The molecule has 144 valence electrons. The van der Waals surface area contributed by atoms with Crippen molar-refractivity contribution in [2.24, 2.45) is 0 Å². The number of ether oxygens (including phenoxy) is 2. The first-order chi connectivity index (χ1) is 12.8. The molecule has 1 aliphatic heterocycles. The third-order valence-corrected chi connectivity index (χ3v) is 6.65. The fourth-order valence-electron chi connectivity index (χ4n) is 2.78. The van der Waals surface area contributed by atoms with Crippen LogP contribution in [0.2, 0.25) is 5.02 Å². The number of esters is 1. The molecule has 1 heterocycles. The van der Waals surface area contributed by atoms with Gasteiger partial charge in [-0.1, -0.05) is 23.7 Å². The Bertz CT molecular complexity index is 968. The summed E-state index contributed by atoms with van der Waals surface area (Å²) in [6, 6.07) is 9.59. The molecule has 27 heavy (non-hydrogen) atoms. The molecule has 0 saturated carbocycles.